The van der Waals surface area contributed by atoms with Gasteiger partial charge in [0, 0.05) is 33.4 Å². The Balaban J connectivity index is 1.08. The summed E-state index contributed by atoms with van der Waals surface area (Å²) in [6.45, 7) is 4.62. The second-order valence-corrected chi connectivity index (χ2v) is 21.8. The zero-order valence-corrected chi connectivity index (χ0v) is 37.5. The summed E-state index contributed by atoms with van der Waals surface area (Å²) in [6, 6.07) is 9.09. The van der Waals surface area contributed by atoms with E-state index >= 15 is 9.59 Å². The molecule has 312 valence electrons. The van der Waals surface area contributed by atoms with Gasteiger partial charge in [-0.15, -0.1) is 22.7 Å². The Morgan fingerprint density at radius 3 is 1.18 bits per heavy atom. The Hall–Kier alpha value is -1.26. The summed E-state index contributed by atoms with van der Waals surface area (Å²) in [5.74, 6) is 6.21. The zero-order chi connectivity index (χ0) is 38.7. The first-order valence-corrected chi connectivity index (χ1v) is 26.5. The SMILES string of the molecule is CCCCCCCCCCCCC1C2C(=O)C3CC(c4cccs4)CCC3C2C(CCCCCCCCCCCC)C2C(=O)C3CC(c4cccs4)CCC3C12. The van der Waals surface area contributed by atoms with Gasteiger partial charge in [0.05, 0.1) is 0 Å². The first kappa shape index (κ1) is 42.8. The molecule has 12 unspecified atom stereocenters. The van der Waals surface area contributed by atoms with Crippen molar-refractivity contribution in [1.29, 1.82) is 0 Å². The van der Waals surface area contributed by atoms with Gasteiger partial charge in [-0.25, -0.2) is 0 Å². The van der Waals surface area contributed by atoms with Gasteiger partial charge in [-0.3, -0.25) is 9.59 Å². The van der Waals surface area contributed by atoms with Gasteiger partial charge in [0.1, 0.15) is 11.6 Å². The number of unbranched alkanes of at least 4 members (excludes halogenated alkanes) is 18. The second-order valence-electron chi connectivity index (χ2n) is 19.9. The average Bonchev–Trinajstić information content (AvgIpc) is 4.05. The van der Waals surface area contributed by atoms with Crippen LogP contribution in [0.25, 0.3) is 0 Å². The number of hydrogen-bond donors (Lipinski definition) is 0. The molecular formula is C52H80O2S2. The lowest BCUT2D eigenvalue weighted by Gasteiger charge is -2.50. The molecule has 5 saturated carbocycles. The van der Waals surface area contributed by atoms with Crippen LogP contribution >= 0.6 is 22.7 Å². The summed E-state index contributed by atoms with van der Waals surface area (Å²) < 4.78 is 0. The highest BCUT2D eigenvalue weighted by molar-refractivity contribution is 7.10. The number of Topliss-reactive ketones (excluding diaryl/α,β-unsaturated/α-hetero) is 2. The monoisotopic (exact) mass is 801 g/mol. The summed E-state index contributed by atoms with van der Waals surface area (Å²) in [4.78, 5) is 33.5. The first-order valence-electron chi connectivity index (χ1n) is 24.8. The van der Waals surface area contributed by atoms with Gasteiger partial charge in [0.25, 0.3) is 0 Å². The van der Waals surface area contributed by atoms with Crippen LogP contribution in [0.4, 0.5) is 0 Å². The fourth-order valence-corrected chi connectivity index (χ4v) is 15.8. The first-order chi connectivity index (χ1) is 27.6. The molecule has 56 heavy (non-hydrogen) atoms. The molecule has 0 radical (unpaired) electrons. The maximum Gasteiger partial charge on any atom is 0.139 e. The van der Waals surface area contributed by atoms with Crippen LogP contribution in [0.15, 0.2) is 35.0 Å². The fraction of sp³-hybridized carbons (Fsp3) is 0.808. The van der Waals surface area contributed by atoms with Crippen LogP contribution in [0.3, 0.4) is 0 Å². The molecule has 2 aromatic heterocycles. The van der Waals surface area contributed by atoms with Crippen molar-refractivity contribution < 1.29 is 9.59 Å². The van der Waals surface area contributed by atoms with E-state index in [0.717, 1.165) is 12.8 Å². The van der Waals surface area contributed by atoms with Crippen molar-refractivity contribution in [2.75, 3.05) is 0 Å². The molecule has 5 fully saturated rings. The third-order valence-electron chi connectivity index (χ3n) is 16.6. The highest BCUT2D eigenvalue weighted by atomic mass is 32.1. The van der Waals surface area contributed by atoms with E-state index in [9.17, 15) is 0 Å². The highest BCUT2D eigenvalue weighted by Gasteiger charge is 2.67. The van der Waals surface area contributed by atoms with Crippen LogP contribution < -0.4 is 0 Å². The number of carbonyl (C=O) groups excluding carboxylic acids is 2. The van der Waals surface area contributed by atoms with Gasteiger partial charge < -0.3 is 0 Å². The molecule has 5 aliphatic carbocycles. The van der Waals surface area contributed by atoms with E-state index in [4.69, 9.17) is 0 Å². The molecule has 0 spiro atoms. The van der Waals surface area contributed by atoms with E-state index in [-0.39, 0.29) is 23.7 Å². The van der Waals surface area contributed by atoms with E-state index in [1.54, 1.807) is 0 Å². The lowest BCUT2D eigenvalue weighted by Crippen LogP contribution is -2.48. The van der Waals surface area contributed by atoms with Crippen molar-refractivity contribution in [2.45, 2.75) is 205 Å². The van der Waals surface area contributed by atoms with Crippen molar-refractivity contribution in [1.82, 2.24) is 0 Å². The third-order valence-corrected chi connectivity index (χ3v) is 18.7. The topological polar surface area (TPSA) is 34.1 Å². The lowest BCUT2D eigenvalue weighted by molar-refractivity contribution is -0.136. The van der Waals surface area contributed by atoms with Crippen LogP contribution in [0.2, 0.25) is 0 Å². The molecule has 5 aliphatic rings. The van der Waals surface area contributed by atoms with Crippen LogP contribution in [-0.2, 0) is 9.59 Å². The van der Waals surface area contributed by atoms with Gasteiger partial charge in [-0.2, -0.15) is 0 Å². The van der Waals surface area contributed by atoms with E-state index in [1.807, 2.05) is 22.7 Å². The molecule has 0 aliphatic heterocycles. The third kappa shape index (κ3) is 10.0. The standard InChI is InChI=1S/C52H80O2S2/c1-3-5-7-9-11-13-15-17-19-21-25-41-47-39-31-29-37(45-27-23-33-55-45)35-43(39)52(54)50(47)42(26-22-20-18-16-14-12-10-8-6-4-2)48-40-32-30-38(46-28-24-34-56-46)36-44(40)51(53)49(41)48/h23-24,27-28,33-34,37-44,47-50H,3-22,25-26,29-32,35-36H2,1-2H3. The number of rotatable bonds is 24. The van der Waals surface area contributed by atoms with Gasteiger partial charge in [-0.05, 0) is 122 Å². The molecule has 0 saturated heterocycles. The van der Waals surface area contributed by atoms with Crippen molar-refractivity contribution in [3.05, 3.63) is 44.8 Å². The summed E-state index contributed by atoms with van der Waals surface area (Å²) in [5, 5.41) is 4.47. The molecule has 2 heterocycles. The van der Waals surface area contributed by atoms with Gasteiger partial charge in [0.2, 0.25) is 0 Å². The summed E-state index contributed by atoms with van der Waals surface area (Å²) in [6.07, 6.45) is 36.7. The van der Waals surface area contributed by atoms with Crippen molar-refractivity contribution in [2.24, 2.45) is 59.2 Å². The molecule has 0 N–H and O–H groups in total. The van der Waals surface area contributed by atoms with Crippen LogP contribution in [-0.4, -0.2) is 11.6 Å². The lowest BCUT2D eigenvalue weighted by atomic mass is 9.53. The van der Waals surface area contributed by atoms with Gasteiger partial charge in [-0.1, -0.05) is 154 Å². The minimum absolute atomic E-state index is 0.224. The molecule has 0 bridgehead atoms. The molecule has 0 amide bonds. The number of ketones is 2. The molecule has 12 atom stereocenters. The maximum atomic E-state index is 15.2. The number of fused-ring (bicyclic) bond motifs is 6. The summed E-state index contributed by atoms with van der Waals surface area (Å²) in [5.41, 5.74) is 0. The Morgan fingerprint density at radius 2 is 0.839 bits per heavy atom. The molecular weight excluding hydrogens is 721 g/mol. The molecule has 2 nitrogen and oxygen atoms in total. The number of hydrogen-bond acceptors (Lipinski definition) is 4. The predicted octanol–water partition coefficient (Wildman–Crippen LogP) is 16.0. The fourth-order valence-electron chi connectivity index (χ4n) is 14.1. The minimum Gasteiger partial charge on any atom is -0.299 e. The van der Waals surface area contributed by atoms with Crippen LogP contribution in [0, 0.1) is 59.2 Å². The molecule has 2 aromatic rings. The minimum atomic E-state index is 0.224. The van der Waals surface area contributed by atoms with Crippen molar-refractivity contribution >= 4 is 34.2 Å². The van der Waals surface area contributed by atoms with E-state index < -0.39 is 0 Å². The van der Waals surface area contributed by atoms with Gasteiger partial charge >= 0.3 is 0 Å². The van der Waals surface area contributed by atoms with Crippen molar-refractivity contribution in [3.63, 3.8) is 0 Å². The summed E-state index contributed by atoms with van der Waals surface area (Å²) in [7, 11) is 0. The maximum absolute atomic E-state index is 15.2. The van der Waals surface area contributed by atoms with Crippen LogP contribution in [0.5, 0.6) is 0 Å². The predicted molar refractivity (Wildman–Crippen MR) is 240 cm³/mol. The smallest absolute Gasteiger partial charge is 0.139 e. The van der Waals surface area contributed by atoms with Gasteiger partial charge in [0.15, 0.2) is 0 Å². The van der Waals surface area contributed by atoms with E-state index in [2.05, 4.69) is 48.9 Å². The average molecular weight is 801 g/mol. The molecule has 0 aromatic carbocycles. The Labute approximate surface area is 351 Å². The molecule has 7 rings (SSSR count). The quantitative estimate of drug-likeness (QED) is 0.0991. The largest absolute Gasteiger partial charge is 0.299 e. The molecule has 4 heteroatoms. The second kappa shape index (κ2) is 21.8. The Kier molecular flexibility index (Phi) is 16.7. The number of carbonyl (C=O) groups is 2. The highest BCUT2D eigenvalue weighted by Crippen LogP contribution is 2.67. The van der Waals surface area contributed by atoms with E-state index in [0.29, 0.717) is 58.9 Å². The van der Waals surface area contributed by atoms with Crippen LogP contribution in [0.1, 0.15) is 215 Å². The summed E-state index contributed by atoms with van der Waals surface area (Å²) >= 11 is 3.82. The van der Waals surface area contributed by atoms with E-state index in [1.165, 1.54) is 177 Å². The normalized spacial score (nSPS) is 33.7. The Morgan fingerprint density at radius 1 is 0.482 bits per heavy atom. The van der Waals surface area contributed by atoms with Crippen molar-refractivity contribution in [3.8, 4) is 0 Å². The Bertz CT molecular complexity index is 1320. The zero-order valence-electron chi connectivity index (χ0n) is 35.8. The number of thiophene rings is 2.